The lowest BCUT2D eigenvalue weighted by Crippen LogP contribution is -2.34. The number of carbonyl (C=O) groups excluding carboxylic acids is 1. The average molecular weight is 413 g/mol. The van der Waals surface area contributed by atoms with Crippen molar-refractivity contribution in [3.05, 3.63) is 108 Å². The lowest BCUT2D eigenvalue weighted by Gasteiger charge is -2.12. The van der Waals surface area contributed by atoms with Crippen molar-refractivity contribution in [2.24, 2.45) is 0 Å². The number of fused-ring (bicyclic) bond motifs is 1. The van der Waals surface area contributed by atoms with E-state index in [1.165, 1.54) is 0 Å². The summed E-state index contributed by atoms with van der Waals surface area (Å²) >= 11 is 5.35. The summed E-state index contributed by atoms with van der Waals surface area (Å²) in [6, 6.07) is 30.8. The third-order valence-corrected chi connectivity index (χ3v) is 4.81. The Bertz CT molecular complexity index is 1190. The second-order valence-corrected chi connectivity index (χ2v) is 7.15. The third kappa shape index (κ3) is 4.82. The van der Waals surface area contributed by atoms with Crippen LogP contribution in [0.3, 0.4) is 0 Å². The van der Waals surface area contributed by atoms with Crippen LogP contribution in [0.5, 0.6) is 5.75 Å². The van der Waals surface area contributed by atoms with Gasteiger partial charge in [-0.05, 0) is 47.4 Å². The van der Waals surface area contributed by atoms with E-state index in [4.69, 9.17) is 17.0 Å². The highest BCUT2D eigenvalue weighted by Gasteiger charge is 2.10. The number of rotatable bonds is 5. The predicted molar refractivity (Wildman–Crippen MR) is 125 cm³/mol. The third-order valence-electron chi connectivity index (χ3n) is 4.61. The monoisotopic (exact) mass is 412 g/mol. The molecular formula is C25H20N2O2S. The molecule has 4 aromatic carbocycles. The van der Waals surface area contributed by atoms with Gasteiger partial charge >= 0.3 is 0 Å². The van der Waals surface area contributed by atoms with Gasteiger partial charge in [-0.2, -0.15) is 0 Å². The normalized spacial score (nSPS) is 10.4. The van der Waals surface area contributed by atoms with Gasteiger partial charge in [0.2, 0.25) is 0 Å². The largest absolute Gasteiger partial charge is 0.489 e. The zero-order valence-corrected chi connectivity index (χ0v) is 17.0. The molecule has 4 rings (SSSR count). The summed E-state index contributed by atoms with van der Waals surface area (Å²) in [5, 5.41) is 8.23. The molecule has 0 heterocycles. The second-order valence-electron chi connectivity index (χ2n) is 6.74. The number of anilines is 1. The molecule has 0 bridgehead atoms. The van der Waals surface area contributed by atoms with Gasteiger partial charge in [0.05, 0.1) is 0 Å². The van der Waals surface area contributed by atoms with Gasteiger partial charge in [-0.25, -0.2) is 0 Å². The van der Waals surface area contributed by atoms with Crippen LogP contribution in [0.1, 0.15) is 15.9 Å². The van der Waals surface area contributed by atoms with E-state index in [0.29, 0.717) is 17.9 Å². The van der Waals surface area contributed by atoms with E-state index in [9.17, 15) is 4.79 Å². The van der Waals surface area contributed by atoms with Crippen molar-refractivity contribution in [2.45, 2.75) is 6.61 Å². The van der Waals surface area contributed by atoms with Gasteiger partial charge in [0.25, 0.3) is 5.91 Å². The van der Waals surface area contributed by atoms with Gasteiger partial charge in [0, 0.05) is 16.6 Å². The summed E-state index contributed by atoms with van der Waals surface area (Å²) in [6.45, 7) is 0.437. The molecule has 5 heteroatoms. The van der Waals surface area contributed by atoms with E-state index < -0.39 is 0 Å². The fraction of sp³-hybridized carbons (Fsp3) is 0.0400. The molecule has 0 radical (unpaired) electrons. The molecule has 0 aromatic heterocycles. The molecule has 0 aliphatic rings. The van der Waals surface area contributed by atoms with E-state index in [-0.39, 0.29) is 11.0 Å². The summed E-state index contributed by atoms with van der Waals surface area (Å²) in [4.78, 5) is 12.6. The molecule has 30 heavy (non-hydrogen) atoms. The fourth-order valence-electron chi connectivity index (χ4n) is 3.13. The van der Waals surface area contributed by atoms with E-state index in [1.807, 2.05) is 78.9 Å². The molecule has 0 aliphatic carbocycles. The summed E-state index contributed by atoms with van der Waals surface area (Å²) in [5.74, 6) is 0.331. The Hall–Kier alpha value is -3.70. The standard InChI is InChI=1S/C25H20N2O2S/c28-24(20-12-6-13-21(16-20)29-17-18-8-2-1-3-9-18)27-25(30)26-23-15-7-11-19-10-4-5-14-22(19)23/h1-16H,17H2,(H2,26,27,28,30). The first kappa shape index (κ1) is 19.6. The van der Waals surface area contributed by atoms with Crippen LogP contribution in [0.4, 0.5) is 5.69 Å². The molecule has 0 unspecified atom stereocenters. The average Bonchev–Trinajstić information content (AvgIpc) is 2.79. The van der Waals surface area contributed by atoms with E-state index in [2.05, 4.69) is 10.6 Å². The number of hydrogen-bond acceptors (Lipinski definition) is 3. The van der Waals surface area contributed by atoms with Crippen LogP contribution in [0.25, 0.3) is 10.8 Å². The Morgan fingerprint density at radius 1 is 0.833 bits per heavy atom. The van der Waals surface area contributed by atoms with Crippen molar-refractivity contribution in [1.29, 1.82) is 0 Å². The van der Waals surface area contributed by atoms with Gasteiger partial charge in [0.15, 0.2) is 5.11 Å². The fourth-order valence-corrected chi connectivity index (χ4v) is 3.33. The van der Waals surface area contributed by atoms with E-state index in [0.717, 1.165) is 22.0 Å². The maximum absolute atomic E-state index is 12.6. The highest BCUT2D eigenvalue weighted by molar-refractivity contribution is 7.80. The first-order valence-corrected chi connectivity index (χ1v) is 9.97. The maximum atomic E-state index is 12.6. The number of amides is 1. The second kappa shape index (κ2) is 9.20. The zero-order chi connectivity index (χ0) is 20.8. The van der Waals surface area contributed by atoms with Crippen molar-refractivity contribution in [2.75, 3.05) is 5.32 Å². The van der Waals surface area contributed by atoms with Crippen LogP contribution < -0.4 is 15.4 Å². The van der Waals surface area contributed by atoms with Crippen molar-refractivity contribution in [3.8, 4) is 5.75 Å². The summed E-state index contributed by atoms with van der Waals surface area (Å²) in [6.07, 6.45) is 0. The molecule has 0 spiro atoms. The molecule has 0 saturated carbocycles. The highest BCUT2D eigenvalue weighted by Crippen LogP contribution is 2.23. The summed E-state index contributed by atoms with van der Waals surface area (Å²) < 4.78 is 5.80. The van der Waals surface area contributed by atoms with Gasteiger partial charge < -0.3 is 10.1 Å². The van der Waals surface area contributed by atoms with E-state index in [1.54, 1.807) is 18.2 Å². The summed E-state index contributed by atoms with van der Waals surface area (Å²) in [7, 11) is 0. The highest BCUT2D eigenvalue weighted by atomic mass is 32.1. The quantitative estimate of drug-likeness (QED) is 0.422. The van der Waals surface area contributed by atoms with Crippen LogP contribution in [-0.4, -0.2) is 11.0 Å². The Morgan fingerprint density at radius 3 is 2.43 bits per heavy atom. The van der Waals surface area contributed by atoms with Crippen LogP contribution in [0.2, 0.25) is 0 Å². The number of carbonyl (C=O) groups is 1. The predicted octanol–water partition coefficient (Wildman–Crippen LogP) is 5.55. The first-order valence-electron chi connectivity index (χ1n) is 9.56. The van der Waals surface area contributed by atoms with Crippen LogP contribution in [-0.2, 0) is 6.61 Å². The van der Waals surface area contributed by atoms with E-state index >= 15 is 0 Å². The Morgan fingerprint density at radius 2 is 1.57 bits per heavy atom. The van der Waals surface area contributed by atoms with Crippen molar-refractivity contribution in [3.63, 3.8) is 0 Å². The number of nitrogens with one attached hydrogen (secondary N) is 2. The van der Waals surface area contributed by atoms with Crippen molar-refractivity contribution < 1.29 is 9.53 Å². The Kier molecular flexibility index (Phi) is 6.01. The molecule has 0 aliphatic heterocycles. The Balaban J connectivity index is 1.40. The van der Waals surface area contributed by atoms with Gasteiger partial charge in [-0.1, -0.05) is 72.8 Å². The minimum absolute atomic E-state index is 0.243. The SMILES string of the molecule is O=C(NC(=S)Nc1cccc2ccccc12)c1cccc(OCc2ccccc2)c1. The number of hydrogen-bond donors (Lipinski definition) is 2. The lowest BCUT2D eigenvalue weighted by molar-refractivity contribution is 0.0977. The molecule has 4 aromatic rings. The van der Waals surface area contributed by atoms with Crippen molar-refractivity contribution >= 4 is 39.7 Å². The number of ether oxygens (including phenoxy) is 1. The molecule has 0 fully saturated rings. The minimum Gasteiger partial charge on any atom is -0.489 e. The molecule has 4 nitrogen and oxygen atoms in total. The smallest absolute Gasteiger partial charge is 0.257 e. The van der Waals surface area contributed by atoms with Gasteiger partial charge in [-0.3, -0.25) is 10.1 Å². The van der Waals surface area contributed by atoms with Crippen LogP contribution in [0, 0.1) is 0 Å². The van der Waals surface area contributed by atoms with Gasteiger partial charge in [0.1, 0.15) is 12.4 Å². The minimum atomic E-state index is -0.294. The molecule has 1 amide bonds. The molecule has 148 valence electrons. The maximum Gasteiger partial charge on any atom is 0.257 e. The van der Waals surface area contributed by atoms with Crippen LogP contribution >= 0.6 is 12.2 Å². The molecule has 2 N–H and O–H groups in total. The van der Waals surface area contributed by atoms with Crippen LogP contribution in [0.15, 0.2) is 97.1 Å². The topological polar surface area (TPSA) is 50.4 Å². The van der Waals surface area contributed by atoms with Gasteiger partial charge in [-0.15, -0.1) is 0 Å². The van der Waals surface area contributed by atoms with Crippen molar-refractivity contribution in [1.82, 2.24) is 5.32 Å². The Labute approximate surface area is 180 Å². The molecule has 0 saturated heterocycles. The zero-order valence-electron chi connectivity index (χ0n) is 16.2. The lowest BCUT2D eigenvalue weighted by atomic mass is 10.1. The molecule has 0 atom stereocenters. The number of benzene rings is 4. The molecular weight excluding hydrogens is 392 g/mol. The summed E-state index contributed by atoms with van der Waals surface area (Å²) in [5.41, 5.74) is 2.38. The first-order chi connectivity index (χ1) is 14.7. The number of thiocarbonyl (C=S) groups is 1.